The Bertz CT molecular complexity index is 578. The van der Waals surface area contributed by atoms with Crippen LogP contribution in [0.25, 0.3) is 0 Å². The van der Waals surface area contributed by atoms with Crippen molar-refractivity contribution in [2.75, 3.05) is 18.6 Å². The second-order valence-corrected chi connectivity index (χ2v) is 6.90. The Labute approximate surface area is 135 Å². The van der Waals surface area contributed by atoms with Crippen molar-refractivity contribution < 1.29 is 4.74 Å². The Morgan fingerprint density at radius 3 is 2.85 bits per heavy atom. The molecule has 108 valence electrons. The van der Waals surface area contributed by atoms with Crippen molar-refractivity contribution in [1.82, 2.24) is 9.97 Å². The van der Waals surface area contributed by atoms with E-state index in [2.05, 4.69) is 37.3 Å². The lowest BCUT2D eigenvalue weighted by molar-refractivity contribution is 0.128. The highest BCUT2D eigenvalue weighted by molar-refractivity contribution is 9.11. The average molecular weight is 377 g/mol. The van der Waals surface area contributed by atoms with Gasteiger partial charge in [0.2, 0.25) is 0 Å². The first kappa shape index (κ1) is 15.7. The van der Waals surface area contributed by atoms with Crippen LogP contribution in [0.2, 0.25) is 5.15 Å². The normalized spacial score (nSPS) is 10.8. The highest BCUT2D eigenvalue weighted by Gasteiger charge is 2.09. The lowest BCUT2D eigenvalue weighted by Crippen LogP contribution is -2.18. The summed E-state index contributed by atoms with van der Waals surface area (Å²) in [5, 5.41) is 2.55. The molecule has 2 heterocycles. The predicted octanol–water partition coefficient (Wildman–Crippen LogP) is 4.13. The number of ether oxygens (including phenoxy) is 1. The molecule has 4 nitrogen and oxygen atoms in total. The minimum Gasteiger partial charge on any atom is -0.374 e. The molecule has 20 heavy (non-hydrogen) atoms. The van der Waals surface area contributed by atoms with Crippen molar-refractivity contribution in [3.05, 3.63) is 37.8 Å². The molecule has 0 aliphatic carbocycles. The van der Waals surface area contributed by atoms with E-state index in [9.17, 15) is 0 Å². The average Bonchev–Trinajstić information content (AvgIpc) is 2.81. The van der Waals surface area contributed by atoms with Gasteiger partial charge in [0.25, 0.3) is 0 Å². The van der Waals surface area contributed by atoms with Crippen molar-refractivity contribution in [3.8, 4) is 0 Å². The molecular formula is C13H15BrClN3OS. The van der Waals surface area contributed by atoms with Gasteiger partial charge < -0.3 is 9.64 Å². The molecule has 0 aliphatic rings. The van der Waals surface area contributed by atoms with Gasteiger partial charge in [0.1, 0.15) is 17.6 Å². The molecule has 0 aliphatic heterocycles. The van der Waals surface area contributed by atoms with Crippen LogP contribution in [0.3, 0.4) is 0 Å². The fourth-order valence-corrected chi connectivity index (χ4v) is 3.08. The topological polar surface area (TPSA) is 38.2 Å². The van der Waals surface area contributed by atoms with E-state index in [4.69, 9.17) is 16.3 Å². The van der Waals surface area contributed by atoms with Crippen LogP contribution >= 0.6 is 38.9 Å². The first-order valence-corrected chi connectivity index (χ1v) is 8.18. The fourth-order valence-electron chi connectivity index (χ4n) is 1.69. The van der Waals surface area contributed by atoms with E-state index in [1.165, 1.54) is 5.56 Å². The zero-order valence-electron chi connectivity index (χ0n) is 11.3. The number of aromatic nitrogens is 2. The largest absolute Gasteiger partial charge is 0.374 e. The predicted molar refractivity (Wildman–Crippen MR) is 86.5 cm³/mol. The van der Waals surface area contributed by atoms with Gasteiger partial charge in [-0.25, -0.2) is 9.97 Å². The Balaban J connectivity index is 2.12. The van der Waals surface area contributed by atoms with Gasteiger partial charge in [-0.1, -0.05) is 11.6 Å². The molecule has 7 heteroatoms. The van der Waals surface area contributed by atoms with Crippen molar-refractivity contribution in [2.45, 2.75) is 20.1 Å². The fraction of sp³-hybridized carbons (Fsp3) is 0.385. The molecule has 0 aromatic carbocycles. The van der Waals surface area contributed by atoms with Crippen LogP contribution in [0.4, 0.5) is 5.82 Å². The van der Waals surface area contributed by atoms with Crippen LogP contribution in [-0.2, 0) is 17.9 Å². The van der Waals surface area contributed by atoms with Gasteiger partial charge in [-0.05, 0) is 39.9 Å². The highest BCUT2D eigenvalue weighted by atomic mass is 79.9. The van der Waals surface area contributed by atoms with Gasteiger partial charge in [0.15, 0.2) is 5.82 Å². The molecule has 0 bridgehead atoms. The zero-order valence-corrected chi connectivity index (χ0v) is 14.4. The summed E-state index contributed by atoms with van der Waals surface area (Å²) in [5.74, 6) is 1.40. The molecule has 0 N–H and O–H groups in total. The second kappa shape index (κ2) is 7.36. The monoisotopic (exact) mass is 375 g/mol. The molecule has 0 fully saturated rings. The van der Waals surface area contributed by atoms with Crippen molar-refractivity contribution >= 4 is 44.7 Å². The Hall–Kier alpha value is -0.690. The van der Waals surface area contributed by atoms with Crippen LogP contribution in [0.5, 0.6) is 0 Å². The first-order valence-electron chi connectivity index (χ1n) is 6.13. The first-order chi connectivity index (χ1) is 9.58. The Morgan fingerprint density at radius 1 is 1.40 bits per heavy atom. The van der Waals surface area contributed by atoms with Crippen LogP contribution in [0.15, 0.2) is 21.3 Å². The van der Waals surface area contributed by atoms with Crippen LogP contribution in [0.1, 0.15) is 18.3 Å². The SMILES string of the molecule is CCOCc1nc(Cl)cc(N(C)Cc2csc(Br)c2)n1. The molecule has 0 unspecified atom stereocenters. The molecule has 2 rings (SSSR count). The van der Waals surface area contributed by atoms with E-state index in [-0.39, 0.29) is 0 Å². The standard InChI is InChI=1S/C13H15BrClN3OS/c1-3-19-7-12-16-11(15)5-13(17-12)18(2)6-9-4-10(14)20-8-9/h4-5,8H,3,6-7H2,1-2H3. The molecule has 0 radical (unpaired) electrons. The Kier molecular flexibility index (Phi) is 5.77. The van der Waals surface area contributed by atoms with E-state index in [1.807, 2.05) is 18.9 Å². The molecule has 0 spiro atoms. The van der Waals surface area contributed by atoms with Gasteiger partial charge in [0.05, 0.1) is 3.79 Å². The third kappa shape index (κ3) is 4.41. The van der Waals surface area contributed by atoms with Crippen LogP contribution in [0, 0.1) is 0 Å². The van der Waals surface area contributed by atoms with Crippen LogP contribution in [-0.4, -0.2) is 23.6 Å². The number of thiophene rings is 1. The maximum absolute atomic E-state index is 6.04. The van der Waals surface area contributed by atoms with Gasteiger partial charge >= 0.3 is 0 Å². The van der Waals surface area contributed by atoms with Gasteiger partial charge in [0, 0.05) is 26.3 Å². The van der Waals surface area contributed by atoms with E-state index < -0.39 is 0 Å². The quantitative estimate of drug-likeness (QED) is 0.711. The molecule has 2 aromatic heterocycles. The lowest BCUT2D eigenvalue weighted by atomic mass is 10.3. The summed E-state index contributed by atoms with van der Waals surface area (Å²) >= 11 is 11.2. The molecule has 0 atom stereocenters. The van der Waals surface area contributed by atoms with Crippen LogP contribution < -0.4 is 4.90 Å². The van der Waals surface area contributed by atoms with Gasteiger partial charge in [-0.15, -0.1) is 11.3 Å². The van der Waals surface area contributed by atoms with Crippen molar-refractivity contribution in [2.24, 2.45) is 0 Å². The highest BCUT2D eigenvalue weighted by Crippen LogP contribution is 2.23. The third-order valence-corrected chi connectivity index (χ3v) is 4.34. The number of hydrogen-bond donors (Lipinski definition) is 0. The summed E-state index contributed by atoms with van der Waals surface area (Å²) in [7, 11) is 1.98. The van der Waals surface area contributed by atoms with Crippen molar-refractivity contribution in [1.29, 1.82) is 0 Å². The Morgan fingerprint density at radius 2 is 2.20 bits per heavy atom. The minimum atomic E-state index is 0.377. The van der Waals surface area contributed by atoms with E-state index in [0.717, 1.165) is 16.1 Å². The number of nitrogens with zero attached hydrogens (tertiary/aromatic N) is 3. The second-order valence-electron chi connectivity index (χ2n) is 4.22. The summed E-state index contributed by atoms with van der Waals surface area (Å²) in [5.41, 5.74) is 1.23. The molecule has 0 amide bonds. The minimum absolute atomic E-state index is 0.377. The zero-order chi connectivity index (χ0) is 14.5. The summed E-state index contributed by atoms with van der Waals surface area (Å²) in [6.07, 6.45) is 0. The number of anilines is 1. The number of halogens is 2. The summed E-state index contributed by atoms with van der Waals surface area (Å²) in [4.78, 5) is 10.7. The maximum atomic E-state index is 6.04. The summed E-state index contributed by atoms with van der Waals surface area (Å²) < 4.78 is 6.45. The third-order valence-electron chi connectivity index (χ3n) is 2.60. The van der Waals surface area contributed by atoms with E-state index >= 15 is 0 Å². The number of rotatable bonds is 6. The number of hydrogen-bond acceptors (Lipinski definition) is 5. The molecule has 0 saturated carbocycles. The molecule has 2 aromatic rings. The van der Waals surface area contributed by atoms with E-state index in [0.29, 0.717) is 24.2 Å². The summed E-state index contributed by atoms with van der Waals surface area (Å²) in [6.45, 7) is 3.71. The van der Waals surface area contributed by atoms with Gasteiger partial charge in [-0.2, -0.15) is 0 Å². The van der Waals surface area contributed by atoms with E-state index in [1.54, 1.807) is 17.4 Å². The molecular weight excluding hydrogens is 362 g/mol. The lowest BCUT2D eigenvalue weighted by Gasteiger charge is -2.18. The van der Waals surface area contributed by atoms with Gasteiger partial charge in [-0.3, -0.25) is 0 Å². The molecule has 0 saturated heterocycles. The maximum Gasteiger partial charge on any atom is 0.158 e. The summed E-state index contributed by atoms with van der Waals surface area (Å²) in [6, 6.07) is 3.86. The smallest absolute Gasteiger partial charge is 0.158 e. The van der Waals surface area contributed by atoms with Crippen molar-refractivity contribution in [3.63, 3.8) is 0 Å².